The molecule has 7 heteroatoms. The molecule has 60 heavy (non-hydrogen) atoms. The summed E-state index contributed by atoms with van der Waals surface area (Å²) in [6, 6.07) is 47.8. The van der Waals surface area contributed by atoms with Crippen LogP contribution in [0.3, 0.4) is 0 Å². The zero-order valence-electron chi connectivity index (χ0n) is 33.3. The first-order chi connectivity index (χ1) is 29.2. The Balaban J connectivity index is 1.15. The van der Waals surface area contributed by atoms with Crippen LogP contribution in [0.5, 0.6) is 17.2 Å². The van der Waals surface area contributed by atoms with Gasteiger partial charge in [-0.3, -0.25) is 0 Å². The van der Waals surface area contributed by atoms with E-state index in [4.69, 9.17) is 14.2 Å². The zero-order chi connectivity index (χ0) is 40.8. The molecule has 0 N–H and O–H groups in total. The molecule has 4 nitrogen and oxygen atoms in total. The Morgan fingerprint density at radius 2 is 1.27 bits per heavy atom. The number of nitrogens with zero attached hydrogens (tertiary/aromatic N) is 1. The number of fused-ring (bicyclic) bond motifs is 13. The molecule has 4 atom stereocenters. The van der Waals surface area contributed by atoms with E-state index in [-0.39, 0.29) is 5.92 Å². The van der Waals surface area contributed by atoms with Gasteiger partial charge in [-0.25, -0.2) is 0 Å². The van der Waals surface area contributed by atoms with Crippen LogP contribution in [0.15, 0.2) is 152 Å². The maximum absolute atomic E-state index is 14.5. The molecule has 1 heterocycles. The van der Waals surface area contributed by atoms with Gasteiger partial charge in [0.05, 0.1) is 19.8 Å². The summed E-state index contributed by atoms with van der Waals surface area (Å²) in [5.74, 6) is 2.43. The lowest BCUT2D eigenvalue weighted by atomic mass is 9.65. The van der Waals surface area contributed by atoms with E-state index in [2.05, 4.69) is 77.7 Å². The van der Waals surface area contributed by atoms with Gasteiger partial charge >= 0.3 is 6.18 Å². The highest BCUT2D eigenvalue weighted by atomic mass is 19.4. The zero-order valence-corrected chi connectivity index (χ0v) is 33.3. The number of anilines is 3. The molecule has 4 unspecified atom stereocenters. The Morgan fingerprint density at radius 3 is 1.85 bits per heavy atom. The van der Waals surface area contributed by atoms with Gasteiger partial charge in [0.2, 0.25) is 0 Å². The van der Waals surface area contributed by atoms with Crippen LogP contribution >= 0.6 is 0 Å². The fraction of sp³-hybridized carbons (Fsp3) is 0.208. The fourth-order valence-corrected chi connectivity index (χ4v) is 11.2. The number of para-hydroxylation sites is 2. The van der Waals surface area contributed by atoms with Crippen molar-refractivity contribution in [2.24, 2.45) is 11.8 Å². The third-order valence-corrected chi connectivity index (χ3v) is 13.7. The molecule has 2 saturated carbocycles. The minimum atomic E-state index is -4.46. The van der Waals surface area contributed by atoms with Crippen molar-refractivity contribution in [1.29, 1.82) is 0 Å². The molecule has 2 fully saturated rings. The van der Waals surface area contributed by atoms with Crippen LogP contribution in [0.4, 0.5) is 30.2 Å². The van der Waals surface area contributed by atoms with Crippen LogP contribution in [0, 0.1) is 11.8 Å². The highest BCUT2D eigenvalue weighted by Gasteiger charge is 2.59. The van der Waals surface area contributed by atoms with Gasteiger partial charge < -0.3 is 19.1 Å². The average molecular weight is 798 g/mol. The number of alkyl halides is 3. The maximum atomic E-state index is 14.5. The number of methoxy groups -OCH3 is 2. The number of ether oxygens (including phenoxy) is 3. The van der Waals surface area contributed by atoms with E-state index in [1.165, 1.54) is 12.1 Å². The second kappa shape index (κ2) is 13.5. The summed E-state index contributed by atoms with van der Waals surface area (Å²) in [5, 5.41) is 1.68. The van der Waals surface area contributed by atoms with E-state index in [0.717, 1.165) is 92.5 Å². The SMILES string of the molecule is COc1cc2c3c(c4c(c2cc1OC)-c1ccc(C(F)(F)F)cc1C41CC2CCC1C2)C=CC(c1ccccc1)(c1ccc(N(c2ccccc2)c2ccccc2)cc1)O3. The second-order valence-corrected chi connectivity index (χ2v) is 16.6. The first-order valence-electron chi connectivity index (χ1n) is 20.7. The Labute approximate surface area is 347 Å². The highest BCUT2D eigenvalue weighted by molar-refractivity contribution is 6.10. The van der Waals surface area contributed by atoms with Gasteiger partial charge in [-0.15, -0.1) is 0 Å². The molecular weight excluding hydrogens is 756 g/mol. The second-order valence-electron chi connectivity index (χ2n) is 16.6. The molecular formula is C53H42F3NO3. The normalized spacial score (nSPS) is 22.0. The first-order valence-corrected chi connectivity index (χ1v) is 20.7. The lowest BCUT2D eigenvalue weighted by Crippen LogP contribution is -2.36. The van der Waals surface area contributed by atoms with E-state index in [0.29, 0.717) is 23.2 Å². The van der Waals surface area contributed by atoms with Crippen molar-refractivity contribution >= 4 is 33.9 Å². The molecule has 1 spiro atoms. The van der Waals surface area contributed by atoms with Crippen LogP contribution < -0.4 is 19.1 Å². The van der Waals surface area contributed by atoms with Gasteiger partial charge in [0, 0.05) is 44.6 Å². The van der Waals surface area contributed by atoms with Crippen molar-refractivity contribution < 1.29 is 27.4 Å². The van der Waals surface area contributed by atoms with Gasteiger partial charge in [0.1, 0.15) is 5.75 Å². The molecule has 7 aromatic carbocycles. The summed E-state index contributed by atoms with van der Waals surface area (Å²) >= 11 is 0. The summed E-state index contributed by atoms with van der Waals surface area (Å²) < 4.78 is 63.1. The Kier molecular flexibility index (Phi) is 8.25. The van der Waals surface area contributed by atoms with Crippen LogP contribution in [-0.4, -0.2) is 14.2 Å². The Bertz CT molecular complexity index is 2780. The predicted octanol–water partition coefficient (Wildman–Crippen LogP) is 13.8. The minimum absolute atomic E-state index is 0.214. The van der Waals surface area contributed by atoms with E-state index in [1.807, 2.05) is 66.7 Å². The third-order valence-electron chi connectivity index (χ3n) is 13.7. The van der Waals surface area contributed by atoms with Crippen LogP contribution in [0.2, 0.25) is 0 Å². The average Bonchev–Trinajstić information content (AvgIpc) is 3.99. The Hall–Kier alpha value is -6.47. The maximum Gasteiger partial charge on any atom is 0.416 e. The third kappa shape index (κ3) is 5.30. The van der Waals surface area contributed by atoms with Gasteiger partial charge in [0.15, 0.2) is 17.1 Å². The fourth-order valence-electron chi connectivity index (χ4n) is 11.2. The lowest BCUT2D eigenvalue weighted by Gasteiger charge is -2.41. The van der Waals surface area contributed by atoms with Crippen molar-refractivity contribution in [3.63, 3.8) is 0 Å². The van der Waals surface area contributed by atoms with Gasteiger partial charge in [-0.05, 0) is 125 Å². The number of hydrogen-bond acceptors (Lipinski definition) is 4. The van der Waals surface area contributed by atoms with E-state index < -0.39 is 22.8 Å². The molecule has 0 amide bonds. The molecule has 11 rings (SSSR count). The molecule has 0 aromatic heterocycles. The van der Waals surface area contributed by atoms with Crippen LogP contribution in [0.1, 0.15) is 59.1 Å². The van der Waals surface area contributed by atoms with Crippen molar-refractivity contribution in [1.82, 2.24) is 0 Å². The molecule has 0 saturated heterocycles. The molecule has 2 bridgehead atoms. The van der Waals surface area contributed by atoms with Crippen LogP contribution in [0.25, 0.3) is 28.0 Å². The van der Waals surface area contributed by atoms with Gasteiger partial charge in [-0.2, -0.15) is 13.2 Å². The molecule has 0 radical (unpaired) electrons. The van der Waals surface area contributed by atoms with Gasteiger partial charge in [-0.1, -0.05) is 97.4 Å². The van der Waals surface area contributed by atoms with Crippen molar-refractivity contribution in [3.05, 3.63) is 185 Å². The number of benzene rings is 7. The molecule has 3 aliphatic carbocycles. The molecule has 7 aromatic rings. The van der Waals surface area contributed by atoms with E-state index in [1.54, 1.807) is 20.3 Å². The van der Waals surface area contributed by atoms with E-state index >= 15 is 0 Å². The number of hydrogen-bond donors (Lipinski definition) is 0. The molecule has 298 valence electrons. The summed E-state index contributed by atoms with van der Waals surface area (Å²) in [6.45, 7) is 0. The smallest absolute Gasteiger partial charge is 0.416 e. The summed E-state index contributed by atoms with van der Waals surface area (Å²) in [7, 11) is 3.23. The highest BCUT2D eigenvalue weighted by Crippen LogP contribution is 2.69. The number of halogens is 3. The van der Waals surface area contributed by atoms with Crippen LogP contribution in [-0.2, 0) is 17.2 Å². The minimum Gasteiger partial charge on any atom is -0.493 e. The van der Waals surface area contributed by atoms with E-state index in [9.17, 15) is 13.2 Å². The summed E-state index contributed by atoms with van der Waals surface area (Å²) in [6.07, 6.45) is 3.77. The quantitative estimate of drug-likeness (QED) is 0.161. The van der Waals surface area contributed by atoms with Crippen molar-refractivity contribution in [3.8, 4) is 28.4 Å². The summed E-state index contributed by atoms with van der Waals surface area (Å²) in [5.41, 5.74) is 7.32. The number of rotatable bonds is 7. The summed E-state index contributed by atoms with van der Waals surface area (Å²) in [4.78, 5) is 2.24. The first kappa shape index (κ1) is 36.6. The Morgan fingerprint density at radius 1 is 0.667 bits per heavy atom. The predicted molar refractivity (Wildman–Crippen MR) is 232 cm³/mol. The standard InChI is InChI=1S/C53H42F3NO3/c1-58-46-30-43-44(31-47(46)59-2)50-42(49-48(43)41-25-22-37(53(54,55)56)29-45(41)51(49)32-33-18-19-36(51)28-33)26-27-52(60-50,34-12-6-3-7-13-34)35-20-23-40(24-21-35)57(38-14-8-4-9-15-38)39-16-10-5-11-17-39/h3-17,20-27,29-31,33,36H,18-19,28,32H2,1-2H3. The molecule has 4 aliphatic rings. The monoisotopic (exact) mass is 797 g/mol. The lowest BCUT2D eigenvalue weighted by molar-refractivity contribution is -0.137. The topological polar surface area (TPSA) is 30.9 Å². The van der Waals surface area contributed by atoms with Crippen molar-refractivity contribution in [2.45, 2.75) is 42.9 Å². The van der Waals surface area contributed by atoms with Gasteiger partial charge in [0.25, 0.3) is 0 Å². The largest absolute Gasteiger partial charge is 0.493 e. The molecule has 1 aliphatic heterocycles. The van der Waals surface area contributed by atoms with Crippen molar-refractivity contribution in [2.75, 3.05) is 19.1 Å².